The van der Waals surface area contributed by atoms with E-state index in [1.807, 2.05) is 0 Å². The van der Waals surface area contributed by atoms with Crippen LogP contribution in [0.4, 0.5) is 0 Å². The van der Waals surface area contributed by atoms with Crippen molar-refractivity contribution in [2.75, 3.05) is 13.6 Å². The summed E-state index contributed by atoms with van der Waals surface area (Å²) in [4.78, 5) is 17.9. The number of ketones is 1. The van der Waals surface area contributed by atoms with Gasteiger partial charge in [-0.1, -0.05) is 12.1 Å². The average molecular weight is 289 g/mol. The number of aromatic nitrogens is 1. The minimum atomic E-state index is 0. The first kappa shape index (κ1) is 12.4. The number of nitrogens with one attached hydrogen (secondary N) is 1. The summed E-state index contributed by atoms with van der Waals surface area (Å²) >= 11 is 0. The second-order valence-electron chi connectivity index (χ2n) is 6.44. The highest BCUT2D eigenvalue weighted by atomic mass is 35.5. The van der Waals surface area contributed by atoms with Crippen LogP contribution in [-0.2, 0) is 16.6 Å². The van der Waals surface area contributed by atoms with Crippen molar-refractivity contribution in [1.82, 2.24) is 9.88 Å². The van der Waals surface area contributed by atoms with Crippen molar-refractivity contribution >= 4 is 29.1 Å². The summed E-state index contributed by atoms with van der Waals surface area (Å²) in [5.74, 6) is 0.720. The number of hydrogen-bond donors (Lipinski definition) is 1. The molecule has 4 heteroatoms. The van der Waals surface area contributed by atoms with Gasteiger partial charge in [0, 0.05) is 34.5 Å². The molecule has 1 saturated carbocycles. The number of likely N-dealkylation sites (tertiary alicyclic amines) is 1. The summed E-state index contributed by atoms with van der Waals surface area (Å²) in [7, 11) is 2.11. The lowest BCUT2D eigenvalue weighted by molar-refractivity contribution is -0.124. The molecule has 0 bridgehead atoms. The highest BCUT2D eigenvalue weighted by Crippen LogP contribution is 2.64. The van der Waals surface area contributed by atoms with E-state index in [0.29, 0.717) is 18.4 Å². The second kappa shape index (κ2) is 3.66. The average Bonchev–Trinajstić information content (AvgIpc) is 3.02. The van der Waals surface area contributed by atoms with E-state index in [1.165, 1.54) is 22.0 Å². The highest BCUT2D eigenvalue weighted by Gasteiger charge is 2.67. The number of carbonyl (C=O) groups excluding carboxylic acids is 1. The molecule has 2 aliphatic carbocycles. The molecule has 1 aromatic heterocycles. The minimum Gasteiger partial charge on any atom is -0.361 e. The van der Waals surface area contributed by atoms with Gasteiger partial charge in [-0.2, -0.15) is 0 Å². The van der Waals surface area contributed by atoms with Gasteiger partial charge in [0.25, 0.3) is 0 Å². The van der Waals surface area contributed by atoms with Crippen molar-refractivity contribution in [3.05, 3.63) is 35.5 Å². The first-order valence-electron chi connectivity index (χ1n) is 7.04. The SMILES string of the molecule is CN1CC(=O)[C@H]2C[C@]23c2cccc4[nH]cc(c24)C[C@@H]13.Cl. The molecule has 3 atom stereocenters. The molecule has 3 aliphatic rings. The monoisotopic (exact) mass is 288 g/mol. The zero-order valence-electron chi connectivity index (χ0n) is 11.3. The third-order valence-electron chi connectivity index (χ3n) is 5.63. The van der Waals surface area contributed by atoms with Crippen LogP contribution in [-0.4, -0.2) is 35.3 Å². The van der Waals surface area contributed by atoms with Crippen LogP contribution in [0.1, 0.15) is 17.5 Å². The zero-order valence-corrected chi connectivity index (χ0v) is 12.2. The third kappa shape index (κ3) is 1.19. The fourth-order valence-corrected chi connectivity index (χ4v) is 4.74. The molecule has 1 aromatic carbocycles. The molecular weight excluding hydrogens is 272 g/mol. The van der Waals surface area contributed by atoms with E-state index in [1.54, 1.807) is 0 Å². The lowest BCUT2D eigenvalue weighted by Gasteiger charge is -2.42. The molecule has 20 heavy (non-hydrogen) atoms. The molecule has 1 saturated heterocycles. The van der Waals surface area contributed by atoms with Gasteiger partial charge >= 0.3 is 0 Å². The largest absolute Gasteiger partial charge is 0.361 e. The van der Waals surface area contributed by atoms with Gasteiger partial charge < -0.3 is 4.98 Å². The van der Waals surface area contributed by atoms with Crippen molar-refractivity contribution in [3.8, 4) is 0 Å². The van der Waals surface area contributed by atoms with Crippen molar-refractivity contribution in [2.24, 2.45) is 5.92 Å². The number of rotatable bonds is 0. The molecule has 3 nitrogen and oxygen atoms in total. The van der Waals surface area contributed by atoms with E-state index >= 15 is 0 Å². The molecule has 2 aromatic rings. The van der Waals surface area contributed by atoms with Crippen LogP contribution in [0.2, 0.25) is 0 Å². The van der Waals surface area contributed by atoms with Gasteiger partial charge in [0.1, 0.15) is 0 Å². The van der Waals surface area contributed by atoms with E-state index in [2.05, 4.69) is 41.3 Å². The third-order valence-corrected chi connectivity index (χ3v) is 5.63. The molecule has 2 heterocycles. The minimum absolute atomic E-state index is 0. The summed E-state index contributed by atoms with van der Waals surface area (Å²) in [6, 6.07) is 7.02. The molecular formula is C16H17ClN2O. The maximum absolute atomic E-state index is 12.2. The van der Waals surface area contributed by atoms with E-state index < -0.39 is 0 Å². The maximum atomic E-state index is 12.2. The molecule has 0 unspecified atom stereocenters. The smallest absolute Gasteiger partial charge is 0.150 e. The van der Waals surface area contributed by atoms with Crippen LogP contribution < -0.4 is 0 Å². The number of halogens is 1. The van der Waals surface area contributed by atoms with Gasteiger partial charge in [0.2, 0.25) is 0 Å². The maximum Gasteiger partial charge on any atom is 0.150 e. The molecule has 5 rings (SSSR count). The number of carbonyl (C=O) groups is 1. The Bertz CT molecular complexity index is 737. The number of likely N-dealkylation sites (N-methyl/N-ethyl adjacent to an activating group) is 1. The fourth-order valence-electron chi connectivity index (χ4n) is 4.74. The Morgan fingerprint density at radius 1 is 1.40 bits per heavy atom. The van der Waals surface area contributed by atoms with E-state index in [4.69, 9.17) is 0 Å². The molecule has 2 fully saturated rings. The van der Waals surface area contributed by atoms with E-state index in [-0.39, 0.29) is 23.7 Å². The summed E-state index contributed by atoms with van der Waals surface area (Å²) in [5.41, 5.74) is 4.20. The van der Waals surface area contributed by atoms with E-state index in [9.17, 15) is 4.79 Å². The quantitative estimate of drug-likeness (QED) is 0.807. The predicted molar refractivity (Wildman–Crippen MR) is 80.5 cm³/mol. The Labute approximate surface area is 123 Å². The van der Waals surface area contributed by atoms with Crippen LogP contribution in [0, 0.1) is 5.92 Å². The molecule has 1 spiro atoms. The van der Waals surface area contributed by atoms with Gasteiger partial charge in [-0.05, 0) is 37.1 Å². The van der Waals surface area contributed by atoms with Gasteiger partial charge in [-0.15, -0.1) is 12.4 Å². The summed E-state index contributed by atoms with van der Waals surface area (Å²) in [5, 5.41) is 1.39. The molecule has 1 N–H and O–H groups in total. The lowest BCUT2D eigenvalue weighted by Crippen LogP contribution is -2.52. The fraction of sp³-hybridized carbons (Fsp3) is 0.438. The second-order valence-corrected chi connectivity index (χ2v) is 6.44. The van der Waals surface area contributed by atoms with Crippen molar-refractivity contribution in [3.63, 3.8) is 0 Å². The summed E-state index contributed by atoms with van der Waals surface area (Å²) in [6.45, 7) is 0.632. The Morgan fingerprint density at radius 3 is 3.10 bits per heavy atom. The number of aromatic amines is 1. The Balaban J connectivity index is 0.00000106. The van der Waals surface area contributed by atoms with Gasteiger partial charge in [-0.25, -0.2) is 0 Å². The highest BCUT2D eigenvalue weighted by molar-refractivity contribution is 5.95. The number of benzene rings is 1. The molecule has 0 amide bonds. The Morgan fingerprint density at radius 2 is 2.25 bits per heavy atom. The Kier molecular flexibility index (Phi) is 2.27. The van der Waals surface area contributed by atoms with Crippen LogP contribution in [0.25, 0.3) is 10.9 Å². The van der Waals surface area contributed by atoms with Gasteiger partial charge in [0.15, 0.2) is 5.78 Å². The number of H-pyrrole nitrogens is 1. The number of piperidine rings is 1. The molecule has 1 aliphatic heterocycles. The summed E-state index contributed by atoms with van der Waals surface area (Å²) in [6.07, 6.45) is 4.30. The zero-order chi connectivity index (χ0) is 12.8. The van der Waals surface area contributed by atoms with Crippen LogP contribution in [0.15, 0.2) is 24.4 Å². The molecule has 104 valence electrons. The van der Waals surface area contributed by atoms with Gasteiger partial charge in [0.05, 0.1) is 6.54 Å². The molecule has 0 radical (unpaired) electrons. The van der Waals surface area contributed by atoms with Crippen LogP contribution >= 0.6 is 12.4 Å². The Hall–Kier alpha value is -1.32. The van der Waals surface area contributed by atoms with Gasteiger partial charge in [-0.3, -0.25) is 9.69 Å². The normalized spacial score (nSPS) is 34.4. The number of hydrogen-bond acceptors (Lipinski definition) is 2. The predicted octanol–water partition coefficient (Wildman–Crippen LogP) is 2.29. The first-order valence-corrected chi connectivity index (χ1v) is 7.04. The van der Waals surface area contributed by atoms with E-state index in [0.717, 1.165) is 12.8 Å². The van der Waals surface area contributed by atoms with Crippen molar-refractivity contribution < 1.29 is 4.79 Å². The van der Waals surface area contributed by atoms with Crippen LogP contribution in [0.5, 0.6) is 0 Å². The number of Topliss-reactive ketones (excluding diaryl/α,β-unsaturated/α-hetero) is 1. The summed E-state index contributed by atoms with van der Waals surface area (Å²) < 4.78 is 0. The van der Waals surface area contributed by atoms with Crippen molar-refractivity contribution in [1.29, 1.82) is 0 Å². The first-order chi connectivity index (χ1) is 9.22. The van der Waals surface area contributed by atoms with Crippen LogP contribution in [0.3, 0.4) is 0 Å². The van der Waals surface area contributed by atoms with Crippen molar-refractivity contribution in [2.45, 2.75) is 24.3 Å². The standard InChI is InChI=1S/C16H16N2O.ClH/c1-18-8-13(19)11-6-16(11)10-3-2-4-12-15(10)9(7-17-12)5-14(16)18;/h2-4,7,11,14,17H,5-6,8H2,1H3;1H/t11-,14-,16+;/m1./s1. The topological polar surface area (TPSA) is 36.1 Å². The lowest BCUT2D eigenvalue weighted by atomic mass is 9.73. The number of nitrogens with zero attached hydrogens (tertiary/aromatic N) is 1.